The number of carbonyl (C=O) groups excluding carboxylic acids is 1. The topological polar surface area (TPSA) is 29.5 Å². The highest BCUT2D eigenvalue weighted by Crippen LogP contribution is 2.25. The predicted molar refractivity (Wildman–Crippen MR) is 60.7 cm³/mol. The Morgan fingerprint density at radius 3 is 2.27 bits per heavy atom. The Kier molecular flexibility index (Phi) is 5.09. The Labute approximate surface area is 92.8 Å². The van der Waals surface area contributed by atoms with Gasteiger partial charge in [0.05, 0.1) is 13.2 Å². The van der Waals surface area contributed by atoms with E-state index in [-0.39, 0.29) is 7.43 Å². The number of ether oxygens (including phenoxy) is 1. The largest absolute Gasteiger partial charge is 0.378 e. The summed E-state index contributed by atoms with van der Waals surface area (Å²) in [4.78, 5) is 14.0. The van der Waals surface area contributed by atoms with Gasteiger partial charge in [0, 0.05) is 19.0 Å². The summed E-state index contributed by atoms with van der Waals surface area (Å²) in [6.07, 6.45) is 6.00. The summed E-state index contributed by atoms with van der Waals surface area (Å²) in [6.45, 7) is 3.04. The van der Waals surface area contributed by atoms with E-state index in [0.29, 0.717) is 11.8 Å². The summed E-state index contributed by atoms with van der Waals surface area (Å²) in [6, 6.07) is 0. The molecule has 88 valence electrons. The first kappa shape index (κ1) is 12.5. The van der Waals surface area contributed by atoms with Crippen molar-refractivity contribution in [2.75, 3.05) is 26.3 Å². The summed E-state index contributed by atoms with van der Waals surface area (Å²) in [5, 5.41) is 0. The van der Waals surface area contributed by atoms with Crippen LogP contribution in [0.4, 0.5) is 0 Å². The first-order valence-corrected chi connectivity index (χ1v) is 5.74. The lowest BCUT2D eigenvalue weighted by molar-refractivity contribution is -0.140. The van der Waals surface area contributed by atoms with Gasteiger partial charge in [-0.05, 0) is 12.8 Å². The zero-order valence-corrected chi connectivity index (χ0v) is 8.71. The van der Waals surface area contributed by atoms with Gasteiger partial charge in [-0.1, -0.05) is 26.7 Å². The second kappa shape index (κ2) is 6.11. The maximum atomic E-state index is 12.0. The van der Waals surface area contributed by atoms with Crippen LogP contribution >= 0.6 is 0 Å². The van der Waals surface area contributed by atoms with Crippen molar-refractivity contribution in [1.29, 1.82) is 0 Å². The minimum Gasteiger partial charge on any atom is -0.378 e. The molecular weight excluding hydrogens is 190 g/mol. The Morgan fingerprint density at radius 1 is 1.07 bits per heavy atom. The molecule has 2 aliphatic rings. The molecule has 0 atom stereocenters. The Morgan fingerprint density at radius 2 is 1.67 bits per heavy atom. The zero-order chi connectivity index (χ0) is 9.80. The molecule has 0 radical (unpaired) electrons. The summed E-state index contributed by atoms with van der Waals surface area (Å²) < 4.78 is 5.24. The normalized spacial score (nSPS) is 23.3. The van der Waals surface area contributed by atoms with Crippen molar-refractivity contribution in [1.82, 2.24) is 4.90 Å². The minimum absolute atomic E-state index is 0. The third kappa shape index (κ3) is 3.20. The molecule has 3 heteroatoms. The van der Waals surface area contributed by atoms with Crippen LogP contribution in [0.15, 0.2) is 0 Å². The molecule has 3 nitrogen and oxygen atoms in total. The molecule has 1 amide bonds. The lowest BCUT2D eigenvalue weighted by atomic mass is 9.88. The van der Waals surface area contributed by atoms with E-state index in [4.69, 9.17) is 4.74 Å². The zero-order valence-electron chi connectivity index (χ0n) is 8.71. The summed E-state index contributed by atoms with van der Waals surface area (Å²) in [5.74, 6) is 0.704. The van der Waals surface area contributed by atoms with Gasteiger partial charge in [-0.25, -0.2) is 0 Å². The Balaban J connectivity index is 0.00000112. The van der Waals surface area contributed by atoms with E-state index in [9.17, 15) is 4.79 Å². The minimum atomic E-state index is 0. The first-order chi connectivity index (χ1) is 6.88. The molecular formula is C12H23NO2. The van der Waals surface area contributed by atoms with Gasteiger partial charge in [-0.15, -0.1) is 0 Å². The molecule has 0 N–H and O–H groups in total. The maximum absolute atomic E-state index is 12.0. The van der Waals surface area contributed by atoms with Crippen molar-refractivity contribution in [3.05, 3.63) is 0 Å². The molecule has 0 bridgehead atoms. The van der Waals surface area contributed by atoms with E-state index in [1.165, 1.54) is 19.3 Å². The second-order valence-electron chi connectivity index (χ2n) is 4.27. The third-order valence-corrected chi connectivity index (χ3v) is 3.28. The van der Waals surface area contributed by atoms with Crippen molar-refractivity contribution >= 4 is 5.91 Å². The van der Waals surface area contributed by atoms with Gasteiger partial charge >= 0.3 is 0 Å². The van der Waals surface area contributed by atoms with Crippen molar-refractivity contribution in [3.63, 3.8) is 0 Å². The van der Waals surface area contributed by atoms with Gasteiger partial charge < -0.3 is 9.64 Å². The lowest BCUT2D eigenvalue weighted by Gasteiger charge is -2.31. The smallest absolute Gasteiger partial charge is 0.225 e. The fraction of sp³-hybridized carbons (Fsp3) is 0.917. The van der Waals surface area contributed by atoms with E-state index < -0.39 is 0 Å². The summed E-state index contributed by atoms with van der Waals surface area (Å²) in [5.41, 5.74) is 0. The van der Waals surface area contributed by atoms with Crippen LogP contribution in [0.1, 0.15) is 39.5 Å². The Hall–Kier alpha value is -0.570. The molecule has 0 aromatic heterocycles. The summed E-state index contributed by atoms with van der Waals surface area (Å²) >= 11 is 0. The average molecular weight is 213 g/mol. The van der Waals surface area contributed by atoms with E-state index in [2.05, 4.69) is 0 Å². The standard InChI is InChI=1S/C11H19NO2.CH4/c13-11(10-4-2-1-3-5-10)12-6-8-14-9-7-12;/h10H,1-9H2;1H4. The fourth-order valence-electron chi connectivity index (χ4n) is 2.39. The lowest BCUT2D eigenvalue weighted by Crippen LogP contribution is -2.44. The molecule has 15 heavy (non-hydrogen) atoms. The van der Waals surface area contributed by atoms with Crippen LogP contribution in [0.2, 0.25) is 0 Å². The van der Waals surface area contributed by atoms with Crippen LogP contribution in [0.5, 0.6) is 0 Å². The molecule has 2 fully saturated rings. The quantitative estimate of drug-likeness (QED) is 0.667. The molecule has 0 spiro atoms. The molecule has 1 aliphatic heterocycles. The van der Waals surface area contributed by atoms with Gasteiger partial charge in [0.1, 0.15) is 0 Å². The van der Waals surface area contributed by atoms with Crippen LogP contribution in [0.25, 0.3) is 0 Å². The third-order valence-electron chi connectivity index (χ3n) is 3.28. The number of hydrogen-bond donors (Lipinski definition) is 0. The molecule has 0 unspecified atom stereocenters. The van der Waals surface area contributed by atoms with E-state index >= 15 is 0 Å². The van der Waals surface area contributed by atoms with Crippen molar-refractivity contribution in [2.45, 2.75) is 39.5 Å². The first-order valence-electron chi connectivity index (χ1n) is 5.74. The van der Waals surface area contributed by atoms with E-state index in [1.807, 2.05) is 4.90 Å². The van der Waals surface area contributed by atoms with Gasteiger partial charge in [0.25, 0.3) is 0 Å². The molecule has 0 aromatic carbocycles. The predicted octanol–water partition coefficient (Wildman–Crippen LogP) is 2.06. The van der Waals surface area contributed by atoms with Crippen molar-refractivity contribution in [2.24, 2.45) is 5.92 Å². The molecule has 0 aromatic rings. The van der Waals surface area contributed by atoms with Crippen molar-refractivity contribution < 1.29 is 9.53 Å². The van der Waals surface area contributed by atoms with E-state index in [1.54, 1.807) is 0 Å². The number of carbonyl (C=O) groups is 1. The molecule has 1 heterocycles. The summed E-state index contributed by atoms with van der Waals surface area (Å²) in [7, 11) is 0. The van der Waals surface area contributed by atoms with Gasteiger partial charge in [0.15, 0.2) is 0 Å². The highest BCUT2D eigenvalue weighted by Gasteiger charge is 2.26. The van der Waals surface area contributed by atoms with Crippen LogP contribution < -0.4 is 0 Å². The molecule has 1 saturated carbocycles. The fourth-order valence-corrected chi connectivity index (χ4v) is 2.39. The van der Waals surface area contributed by atoms with Crippen LogP contribution in [-0.4, -0.2) is 37.1 Å². The SMILES string of the molecule is C.O=C(C1CCCCC1)N1CCOCC1. The van der Waals surface area contributed by atoms with Gasteiger partial charge in [0.2, 0.25) is 5.91 Å². The number of nitrogens with zero attached hydrogens (tertiary/aromatic N) is 1. The average Bonchev–Trinajstić information content (AvgIpc) is 2.30. The highest BCUT2D eigenvalue weighted by molar-refractivity contribution is 5.79. The van der Waals surface area contributed by atoms with Crippen LogP contribution in [-0.2, 0) is 9.53 Å². The molecule has 2 rings (SSSR count). The second-order valence-corrected chi connectivity index (χ2v) is 4.27. The molecule has 1 saturated heterocycles. The van der Waals surface area contributed by atoms with Crippen LogP contribution in [0.3, 0.4) is 0 Å². The number of morpholine rings is 1. The number of hydrogen-bond acceptors (Lipinski definition) is 2. The number of amides is 1. The molecule has 1 aliphatic carbocycles. The van der Waals surface area contributed by atoms with Crippen LogP contribution in [0, 0.1) is 5.92 Å². The maximum Gasteiger partial charge on any atom is 0.225 e. The number of rotatable bonds is 1. The van der Waals surface area contributed by atoms with Crippen molar-refractivity contribution in [3.8, 4) is 0 Å². The monoisotopic (exact) mass is 213 g/mol. The van der Waals surface area contributed by atoms with Gasteiger partial charge in [-0.3, -0.25) is 4.79 Å². The highest BCUT2D eigenvalue weighted by atomic mass is 16.5. The van der Waals surface area contributed by atoms with E-state index in [0.717, 1.165) is 39.1 Å². The van der Waals surface area contributed by atoms with Gasteiger partial charge in [-0.2, -0.15) is 0 Å². The Bertz CT molecular complexity index is 174.